The first-order valence-corrected chi connectivity index (χ1v) is 9.54. The van der Waals surface area contributed by atoms with Crippen LogP contribution in [0.1, 0.15) is 17.8 Å². The van der Waals surface area contributed by atoms with Crippen LogP contribution in [-0.4, -0.2) is 16.4 Å². The third-order valence-corrected chi connectivity index (χ3v) is 5.79. The van der Waals surface area contributed by atoms with Crippen molar-refractivity contribution >= 4 is 18.8 Å². The van der Waals surface area contributed by atoms with E-state index in [0.29, 0.717) is 0 Å². The van der Waals surface area contributed by atoms with Crippen molar-refractivity contribution in [2.24, 2.45) is 0 Å². The molecule has 3 nitrogen and oxygen atoms in total. The summed E-state index contributed by atoms with van der Waals surface area (Å²) in [6.45, 7) is 5.76. The van der Waals surface area contributed by atoms with E-state index >= 15 is 0 Å². The molecule has 0 spiro atoms. The summed E-state index contributed by atoms with van der Waals surface area (Å²) in [6.07, 6.45) is 0.959. The maximum Gasteiger partial charge on any atom is 0.0917 e. The molecule has 0 radical (unpaired) electrons. The third kappa shape index (κ3) is 4.31. The Hall–Kier alpha value is -1.96. The highest BCUT2D eigenvalue weighted by Gasteiger charge is 2.14. The Morgan fingerprint density at radius 2 is 1.50 bits per heavy atom. The molecular weight excluding hydrogens is 315 g/mol. The molecule has 3 aromatic rings. The van der Waals surface area contributed by atoms with Crippen molar-refractivity contribution < 1.29 is 4.52 Å². The molecule has 2 aromatic carbocycles. The highest BCUT2D eigenvalue weighted by molar-refractivity contribution is 7.68. The van der Waals surface area contributed by atoms with Gasteiger partial charge in [0, 0.05) is 22.8 Å². The van der Waals surface area contributed by atoms with Crippen LogP contribution >= 0.6 is 8.15 Å². The third-order valence-electron chi connectivity index (χ3n) is 3.82. The van der Waals surface area contributed by atoms with E-state index in [-0.39, 0.29) is 0 Å². The lowest BCUT2D eigenvalue weighted by molar-refractivity contribution is 0.334. The van der Waals surface area contributed by atoms with E-state index in [1.54, 1.807) is 0 Å². The zero-order valence-corrected chi connectivity index (χ0v) is 15.1. The summed E-state index contributed by atoms with van der Waals surface area (Å²) in [7, 11) is -0.764. The first-order chi connectivity index (χ1) is 11.7. The smallest absolute Gasteiger partial charge is 0.0917 e. The van der Waals surface area contributed by atoms with Gasteiger partial charge in [-0.25, -0.2) is 0 Å². The van der Waals surface area contributed by atoms with E-state index in [1.165, 1.54) is 16.3 Å². The molecule has 1 aromatic heterocycles. The summed E-state index contributed by atoms with van der Waals surface area (Å²) < 4.78 is 8.37. The van der Waals surface area contributed by atoms with Gasteiger partial charge in [0.1, 0.15) is 0 Å². The number of hydrogen-bond acceptors (Lipinski definition) is 2. The monoisotopic (exact) mass is 338 g/mol. The lowest BCUT2D eigenvalue weighted by Crippen LogP contribution is -2.14. The highest BCUT2D eigenvalue weighted by atomic mass is 31.1. The average molecular weight is 338 g/mol. The van der Waals surface area contributed by atoms with Crippen LogP contribution in [0.2, 0.25) is 0 Å². The Kier molecular flexibility index (Phi) is 5.79. The van der Waals surface area contributed by atoms with Crippen molar-refractivity contribution in [3.8, 4) is 0 Å². The number of aryl methyl sites for hydroxylation is 3. The molecular formula is C20H23N2OP. The summed E-state index contributed by atoms with van der Waals surface area (Å²) in [5.41, 5.74) is 2.28. The molecule has 24 heavy (non-hydrogen) atoms. The molecule has 0 aliphatic rings. The van der Waals surface area contributed by atoms with E-state index < -0.39 is 8.15 Å². The van der Waals surface area contributed by atoms with Crippen LogP contribution in [0, 0.1) is 13.8 Å². The molecule has 3 rings (SSSR count). The Balaban J connectivity index is 1.64. The standard InChI is InChI=1S/C20H23N2OP/c1-17-16-18(2)22(21-17)14-9-15-23-24(19-10-5-3-6-11-19)20-12-7-4-8-13-20/h3-8,10-13,16H,9,14-15H2,1-2H3. The molecule has 0 unspecified atom stereocenters. The summed E-state index contributed by atoms with van der Waals surface area (Å²) >= 11 is 0. The van der Waals surface area contributed by atoms with E-state index in [1.807, 2.05) is 19.1 Å². The van der Waals surface area contributed by atoms with Gasteiger partial charge >= 0.3 is 0 Å². The zero-order chi connectivity index (χ0) is 16.8. The first kappa shape index (κ1) is 16.9. The lowest BCUT2D eigenvalue weighted by Gasteiger charge is -2.18. The predicted octanol–water partition coefficient (Wildman–Crippen LogP) is 3.95. The lowest BCUT2D eigenvalue weighted by atomic mass is 10.4. The fourth-order valence-corrected chi connectivity index (χ4v) is 4.49. The van der Waals surface area contributed by atoms with Crippen LogP contribution in [0.15, 0.2) is 66.7 Å². The first-order valence-electron chi connectivity index (χ1n) is 8.28. The zero-order valence-electron chi connectivity index (χ0n) is 14.2. The van der Waals surface area contributed by atoms with Gasteiger partial charge in [0.2, 0.25) is 0 Å². The Morgan fingerprint density at radius 3 is 2.00 bits per heavy atom. The normalized spacial score (nSPS) is 11.1. The molecule has 0 saturated heterocycles. The number of benzene rings is 2. The summed E-state index contributed by atoms with van der Waals surface area (Å²) in [5, 5.41) is 7.02. The SMILES string of the molecule is Cc1cc(C)n(CCCOP(c2ccccc2)c2ccccc2)n1. The van der Waals surface area contributed by atoms with Gasteiger partial charge in [0.05, 0.1) is 20.4 Å². The second-order valence-corrected chi connectivity index (χ2v) is 7.68. The Bertz CT molecular complexity index is 716. The molecule has 0 N–H and O–H groups in total. The summed E-state index contributed by atoms with van der Waals surface area (Å²) in [5.74, 6) is 0. The Morgan fingerprint density at radius 1 is 0.917 bits per heavy atom. The van der Waals surface area contributed by atoms with Crippen molar-refractivity contribution in [2.75, 3.05) is 6.61 Å². The van der Waals surface area contributed by atoms with Crippen LogP contribution in [0.25, 0.3) is 0 Å². The van der Waals surface area contributed by atoms with Crippen molar-refractivity contribution in [3.05, 3.63) is 78.1 Å². The second kappa shape index (κ2) is 8.23. The van der Waals surface area contributed by atoms with Crippen LogP contribution in [0.5, 0.6) is 0 Å². The fourth-order valence-electron chi connectivity index (χ4n) is 2.70. The van der Waals surface area contributed by atoms with Crippen molar-refractivity contribution in [3.63, 3.8) is 0 Å². The largest absolute Gasteiger partial charge is 0.350 e. The fraction of sp³-hybridized carbons (Fsp3) is 0.250. The van der Waals surface area contributed by atoms with E-state index in [9.17, 15) is 0 Å². The van der Waals surface area contributed by atoms with Gasteiger partial charge in [-0.1, -0.05) is 60.7 Å². The molecule has 0 saturated carbocycles. The van der Waals surface area contributed by atoms with E-state index in [0.717, 1.165) is 25.3 Å². The quantitative estimate of drug-likeness (QED) is 0.482. The molecule has 0 aliphatic carbocycles. The van der Waals surface area contributed by atoms with Gasteiger partial charge in [0.25, 0.3) is 0 Å². The molecule has 0 amide bonds. The maximum absolute atomic E-state index is 6.31. The highest BCUT2D eigenvalue weighted by Crippen LogP contribution is 2.34. The second-order valence-electron chi connectivity index (χ2n) is 5.80. The van der Waals surface area contributed by atoms with Crippen molar-refractivity contribution in [1.82, 2.24) is 9.78 Å². The van der Waals surface area contributed by atoms with Gasteiger partial charge in [-0.05, 0) is 26.3 Å². The van der Waals surface area contributed by atoms with Gasteiger partial charge in [-0.15, -0.1) is 0 Å². The molecule has 0 fully saturated rings. The van der Waals surface area contributed by atoms with Crippen LogP contribution in [0.3, 0.4) is 0 Å². The molecule has 4 heteroatoms. The van der Waals surface area contributed by atoms with Gasteiger partial charge in [0.15, 0.2) is 0 Å². The van der Waals surface area contributed by atoms with Crippen LogP contribution < -0.4 is 10.6 Å². The number of aromatic nitrogens is 2. The van der Waals surface area contributed by atoms with Gasteiger partial charge < -0.3 is 4.52 Å². The minimum atomic E-state index is -0.764. The summed E-state index contributed by atoms with van der Waals surface area (Å²) in [4.78, 5) is 0. The summed E-state index contributed by atoms with van der Waals surface area (Å²) in [6, 6.07) is 23.1. The van der Waals surface area contributed by atoms with Crippen LogP contribution in [-0.2, 0) is 11.1 Å². The molecule has 0 aliphatic heterocycles. The van der Waals surface area contributed by atoms with E-state index in [2.05, 4.69) is 71.3 Å². The molecule has 0 atom stereocenters. The number of hydrogen-bond donors (Lipinski definition) is 0. The maximum atomic E-state index is 6.31. The number of nitrogens with zero attached hydrogens (tertiary/aromatic N) is 2. The topological polar surface area (TPSA) is 27.1 Å². The predicted molar refractivity (Wildman–Crippen MR) is 101 cm³/mol. The van der Waals surface area contributed by atoms with Gasteiger partial charge in [-0.2, -0.15) is 5.10 Å². The average Bonchev–Trinajstić information content (AvgIpc) is 2.94. The van der Waals surface area contributed by atoms with Gasteiger partial charge in [-0.3, -0.25) is 4.68 Å². The Labute approximate surface area is 145 Å². The molecule has 1 heterocycles. The van der Waals surface area contributed by atoms with Crippen molar-refractivity contribution in [1.29, 1.82) is 0 Å². The number of rotatable bonds is 7. The minimum Gasteiger partial charge on any atom is -0.350 e. The van der Waals surface area contributed by atoms with E-state index in [4.69, 9.17) is 4.52 Å². The minimum absolute atomic E-state index is 0.730. The van der Waals surface area contributed by atoms with Crippen LogP contribution in [0.4, 0.5) is 0 Å². The molecule has 0 bridgehead atoms. The van der Waals surface area contributed by atoms with Crippen molar-refractivity contribution in [2.45, 2.75) is 26.8 Å². The molecule has 124 valence electrons.